The Hall–Kier alpha value is -3.10. The average molecular weight is 352 g/mol. The van der Waals surface area contributed by atoms with Crippen LogP contribution in [-0.2, 0) is 11.3 Å². The second-order valence-corrected chi connectivity index (χ2v) is 5.85. The number of aromatic nitrogens is 1. The zero-order valence-electron chi connectivity index (χ0n) is 13.4. The van der Waals surface area contributed by atoms with Gasteiger partial charge in [-0.25, -0.2) is 4.98 Å². The van der Waals surface area contributed by atoms with Crippen molar-refractivity contribution in [2.24, 2.45) is 0 Å². The molecule has 2 heterocycles. The van der Waals surface area contributed by atoms with E-state index >= 15 is 0 Å². The molecule has 2 aromatic heterocycles. The number of carbonyl (C=O) groups excluding carboxylic acids is 1. The molecule has 0 aliphatic carbocycles. The number of pyridine rings is 1. The second kappa shape index (κ2) is 7.20. The summed E-state index contributed by atoms with van der Waals surface area (Å²) in [6.07, 6.45) is 2.96. The summed E-state index contributed by atoms with van der Waals surface area (Å²) in [7, 11) is 0. The summed E-state index contributed by atoms with van der Waals surface area (Å²) in [5.41, 5.74) is 2.31. The molecule has 0 fully saturated rings. The van der Waals surface area contributed by atoms with Gasteiger partial charge < -0.3 is 9.73 Å². The molecular formula is C19H14ClN3O2. The highest BCUT2D eigenvalue weighted by atomic mass is 35.5. The number of rotatable bonds is 4. The van der Waals surface area contributed by atoms with Crippen LogP contribution in [0.2, 0.25) is 5.15 Å². The molecule has 0 saturated heterocycles. The molecule has 0 saturated carbocycles. The lowest BCUT2D eigenvalue weighted by Gasteiger charge is -2.05. The largest absolute Gasteiger partial charge is 0.467 e. The van der Waals surface area contributed by atoms with Gasteiger partial charge in [0.1, 0.15) is 22.6 Å². The Balaban J connectivity index is 1.87. The van der Waals surface area contributed by atoms with Crippen LogP contribution in [0.15, 0.2) is 52.7 Å². The van der Waals surface area contributed by atoms with Crippen molar-refractivity contribution >= 4 is 34.5 Å². The standard InChI is InChI=1S/C19H14ClN3O2/c1-12-4-5-13-8-14(18(20)23-17(13)7-12)9-15(10-21)19(24)22-11-16-3-2-6-25-16/h2-9H,11H2,1H3,(H,22,24)/b15-9+. The third-order valence-electron chi connectivity index (χ3n) is 3.62. The first-order valence-corrected chi connectivity index (χ1v) is 7.94. The maximum Gasteiger partial charge on any atom is 0.262 e. The molecular weight excluding hydrogens is 338 g/mol. The molecule has 5 nitrogen and oxygen atoms in total. The normalized spacial score (nSPS) is 11.3. The molecule has 3 aromatic rings. The minimum Gasteiger partial charge on any atom is -0.467 e. The summed E-state index contributed by atoms with van der Waals surface area (Å²) in [6.45, 7) is 2.17. The van der Waals surface area contributed by atoms with Crippen LogP contribution in [0.25, 0.3) is 17.0 Å². The third-order valence-corrected chi connectivity index (χ3v) is 3.92. The Morgan fingerprint density at radius 3 is 2.96 bits per heavy atom. The number of nitrogens with zero attached hydrogens (tertiary/aromatic N) is 2. The van der Waals surface area contributed by atoms with Crippen LogP contribution in [0.3, 0.4) is 0 Å². The number of halogens is 1. The van der Waals surface area contributed by atoms with Crippen LogP contribution in [0.1, 0.15) is 16.9 Å². The van der Waals surface area contributed by atoms with Crippen LogP contribution in [0.5, 0.6) is 0 Å². The van der Waals surface area contributed by atoms with E-state index in [2.05, 4.69) is 10.3 Å². The van der Waals surface area contributed by atoms with Gasteiger partial charge in [0, 0.05) is 10.9 Å². The monoisotopic (exact) mass is 351 g/mol. The van der Waals surface area contributed by atoms with Crippen LogP contribution in [-0.4, -0.2) is 10.9 Å². The van der Waals surface area contributed by atoms with Crippen LogP contribution < -0.4 is 5.32 Å². The third kappa shape index (κ3) is 3.87. The Morgan fingerprint density at radius 1 is 1.40 bits per heavy atom. The summed E-state index contributed by atoms with van der Waals surface area (Å²) >= 11 is 6.21. The predicted octanol–water partition coefficient (Wildman–Crippen LogP) is 4.01. The lowest BCUT2D eigenvalue weighted by atomic mass is 10.1. The molecule has 25 heavy (non-hydrogen) atoms. The van der Waals surface area contributed by atoms with Crippen LogP contribution in [0.4, 0.5) is 0 Å². The maximum absolute atomic E-state index is 12.2. The Labute approximate surface area is 149 Å². The van der Waals surface area contributed by atoms with Crippen molar-refractivity contribution < 1.29 is 9.21 Å². The van der Waals surface area contributed by atoms with Crippen LogP contribution >= 0.6 is 11.6 Å². The van der Waals surface area contributed by atoms with Gasteiger partial charge in [-0.1, -0.05) is 23.7 Å². The van der Waals surface area contributed by atoms with Crippen molar-refractivity contribution in [2.45, 2.75) is 13.5 Å². The fraction of sp³-hybridized carbons (Fsp3) is 0.105. The van der Waals surface area contributed by atoms with Crippen molar-refractivity contribution in [2.75, 3.05) is 0 Å². The molecule has 0 unspecified atom stereocenters. The van der Waals surface area contributed by atoms with E-state index < -0.39 is 5.91 Å². The number of nitriles is 1. The predicted molar refractivity (Wildman–Crippen MR) is 95.6 cm³/mol. The first-order valence-electron chi connectivity index (χ1n) is 7.56. The lowest BCUT2D eigenvalue weighted by molar-refractivity contribution is -0.117. The molecule has 0 atom stereocenters. The van der Waals surface area contributed by atoms with Crippen LogP contribution in [0, 0.1) is 18.3 Å². The molecule has 1 aromatic carbocycles. The van der Waals surface area contributed by atoms with Gasteiger partial charge in [-0.15, -0.1) is 0 Å². The van der Waals surface area contributed by atoms with Crippen molar-refractivity contribution in [1.29, 1.82) is 5.26 Å². The number of hydrogen-bond donors (Lipinski definition) is 1. The Morgan fingerprint density at radius 2 is 2.24 bits per heavy atom. The van der Waals surface area contributed by atoms with E-state index in [1.165, 1.54) is 12.3 Å². The van der Waals surface area contributed by atoms with Gasteiger partial charge in [-0.3, -0.25) is 4.79 Å². The van der Waals surface area contributed by atoms with Gasteiger partial charge >= 0.3 is 0 Å². The molecule has 0 bridgehead atoms. The van der Waals surface area contributed by atoms with E-state index in [9.17, 15) is 10.1 Å². The average Bonchev–Trinajstić information content (AvgIpc) is 3.11. The first-order chi connectivity index (χ1) is 12.1. The number of aryl methyl sites for hydroxylation is 1. The molecule has 1 N–H and O–H groups in total. The van der Waals surface area contributed by atoms with Crippen molar-refractivity contribution in [3.05, 3.63) is 70.3 Å². The minimum atomic E-state index is -0.501. The molecule has 0 aliphatic rings. The lowest BCUT2D eigenvalue weighted by Crippen LogP contribution is -2.23. The van der Waals surface area contributed by atoms with Gasteiger partial charge in [-0.2, -0.15) is 5.26 Å². The summed E-state index contributed by atoms with van der Waals surface area (Å²) in [5, 5.41) is 13.0. The quantitative estimate of drug-likeness (QED) is 0.437. The van der Waals surface area contributed by atoms with E-state index in [4.69, 9.17) is 16.0 Å². The number of benzene rings is 1. The molecule has 124 valence electrons. The molecule has 0 spiro atoms. The number of amides is 1. The Bertz CT molecular complexity index is 1000. The molecule has 3 rings (SSSR count). The number of hydrogen-bond acceptors (Lipinski definition) is 4. The van der Waals surface area contributed by atoms with Crippen molar-refractivity contribution in [1.82, 2.24) is 10.3 Å². The highest BCUT2D eigenvalue weighted by molar-refractivity contribution is 6.31. The maximum atomic E-state index is 12.2. The first kappa shape index (κ1) is 16.7. The van der Waals surface area contributed by atoms with Gasteiger partial charge in [0.25, 0.3) is 5.91 Å². The summed E-state index contributed by atoms with van der Waals surface area (Å²) in [6, 6.07) is 13.0. The number of fused-ring (bicyclic) bond motifs is 1. The Kier molecular flexibility index (Phi) is 4.82. The highest BCUT2D eigenvalue weighted by Crippen LogP contribution is 2.23. The summed E-state index contributed by atoms with van der Waals surface area (Å²) in [4.78, 5) is 16.5. The van der Waals surface area contributed by atoms with Crippen molar-refractivity contribution in [3.63, 3.8) is 0 Å². The smallest absolute Gasteiger partial charge is 0.262 e. The molecule has 6 heteroatoms. The van der Waals surface area contributed by atoms with E-state index in [0.717, 1.165) is 16.5 Å². The van der Waals surface area contributed by atoms with E-state index in [1.807, 2.05) is 31.2 Å². The van der Waals surface area contributed by atoms with Gasteiger partial charge in [0.2, 0.25) is 0 Å². The minimum absolute atomic E-state index is 0.0540. The summed E-state index contributed by atoms with van der Waals surface area (Å²) < 4.78 is 5.14. The summed E-state index contributed by atoms with van der Waals surface area (Å²) in [5.74, 6) is 0.102. The van der Waals surface area contributed by atoms with Gasteiger partial charge in [0.05, 0.1) is 18.3 Å². The highest BCUT2D eigenvalue weighted by Gasteiger charge is 2.12. The van der Waals surface area contributed by atoms with E-state index in [0.29, 0.717) is 11.3 Å². The topological polar surface area (TPSA) is 78.9 Å². The molecule has 0 aliphatic heterocycles. The number of furan rings is 1. The fourth-order valence-electron chi connectivity index (χ4n) is 2.35. The zero-order chi connectivity index (χ0) is 17.8. The SMILES string of the molecule is Cc1ccc2cc(/C=C(\C#N)C(=O)NCc3ccco3)c(Cl)nc2c1. The van der Waals surface area contributed by atoms with E-state index in [1.54, 1.807) is 18.2 Å². The zero-order valence-corrected chi connectivity index (χ0v) is 14.2. The second-order valence-electron chi connectivity index (χ2n) is 5.50. The van der Waals surface area contributed by atoms with Gasteiger partial charge in [0.15, 0.2) is 0 Å². The molecule has 1 amide bonds. The van der Waals surface area contributed by atoms with Gasteiger partial charge in [-0.05, 0) is 42.8 Å². The number of nitrogens with one attached hydrogen (secondary N) is 1. The molecule has 0 radical (unpaired) electrons. The van der Waals surface area contributed by atoms with Crippen molar-refractivity contribution in [3.8, 4) is 6.07 Å². The van der Waals surface area contributed by atoms with E-state index in [-0.39, 0.29) is 17.3 Å². The fourth-order valence-corrected chi connectivity index (χ4v) is 2.55. The number of carbonyl (C=O) groups is 1.